The Morgan fingerprint density at radius 1 is 1.15 bits per heavy atom. The molecule has 0 aliphatic rings. The molecule has 7 heteroatoms. The van der Waals surface area contributed by atoms with Gasteiger partial charge in [0.15, 0.2) is 11.6 Å². The van der Waals surface area contributed by atoms with Crippen molar-refractivity contribution in [2.24, 2.45) is 0 Å². The first-order valence-electron chi connectivity index (χ1n) is 5.58. The van der Waals surface area contributed by atoms with Crippen LogP contribution < -0.4 is 9.46 Å². The van der Waals surface area contributed by atoms with Crippen molar-refractivity contribution in [1.29, 1.82) is 0 Å². The number of methoxy groups -OCH3 is 1. The largest absolute Gasteiger partial charge is 0.508 e. The number of anilines is 1. The summed E-state index contributed by atoms with van der Waals surface area (Å²) in [4.78, 5) is -0.0356. The number of hydrogen-bond acceptors (Lipinski definition) is 4. The van der Waals surface area contributed by atoms with Gasteiger partial charge in [-0.15, -0.1) is 0 Å². The number of benzene rings is 2. The summed E-state index contributed by atoms with van der Waals surface area (Å²) in [6.07, 6.45) is 0. The lowest BCUT2D eigenvalue weighted by molar-refractivity contribution is 0.386. The zero-order valence-corrected chi connectivity index (χ0v) is 11.3. The van der Waals surface area contributed by atoms with E-state index in [0.717, 1.165) is 6.07 Å². The lowest BCUT2D eigenvalue weighted by Gasteiger charge is -2.09. The Balaban J connectivity index is 2.28. The van der Waals surface area contributed by atoms with Crippen LogP contribution in [0.5, 0.6) is 11.5 Å². The molecule has 2 aromatic rings. The summed E-state index contributed by atoms with van der Waals surface area (Å²) in [5, 5.41) is 9.13. The lowest BCUT2D eigenvalue weighted by Crippen LogP contribution is -2.12. The maximum atomic E-state index is 13.5. The van der Waals surface area contributed by atoms with E-state index in [1.165, 1.54) is 43.5 Å². The molecule has 2 aromatic carbocycles. The number of aromatic hydroxyl groups is 1. The highest BCUT2D eigenvalue weighted by atomic mass is 32.2. The number of halogens is 1. The summed E-state index contributed by atoms with van der Waals surface area (Å²) in [6.45, 7) is 0. The van der Waals surface area contributed by atoms with E-state index in [-0.39, 0.29) is 22.1 Å². The number of phenols is 1. The van der Waals surface area contributed by atoms with Crippen LogP contribution in [0.4, 0.5) is 10.1 Å². The zero-order valence-electron chi connectivity index (χ0n) is 10.5. The molecule has 2 rings (SSSR count). The van der Waals surface area contributed by atoms with Gasteiger partial charge in [-0.05, 0) is 36.4 Å². The topological polar surface area (TPSA) is 75.6 Å². The van der Waals surface area contributed by atoms with E-state index in [0.29, 0.717) is 0 Å². The van der Waals surface area contributed by atoms with E-state index >= 15 is 0 Å². The van der Waals surface area contributed by atoms with Crippen molar-refractivity contribution < 1.29 is 22.7 Å². The molecular weight excluding hydrogens is 285 g/mol. The fourth-order valence-electron chi connectivity index (χ4n) is 1.57. The van der Waals surface area contributed by atoms with E-state index in [4.69, 9.17) is 9.84 Å². The van der Waals surface area contributed by atoms with Crippen LogP contribution in [0.3, 0.4) is 0 Å². The smallest absolute Gasteiger partial charge is 0.261 e. The molecule has 0 aliphatic heterocycles. The molecule has 5 nitrogen and oxygen atoms in total. The predicted molar refractivity (Wildman–Crippen MR) is 71.9 cm³/mol. The first-order chi connectivity index (χ1) is 9.42. The standard InChI is InChI=1S/C13H12FNO4S/c1-19-13-7-2-9(8-12(13)14)15-20(17,18)11-5-3-10(16)4-6-11/h2-8,15-16H,1H3. The average Bonchev–Trinajstić information content (AvgIpc) is 2.39. The third-order valence-corrected chi connectivity index (χ3v) is 3.95. The minimum atomic E-state index is -3.84. The monoisotopic (exact) mass is 297 g/mol. The molecule has 0 fully saturated rings. The van der Waals surface area contributed by atoms with Crippen LogP contribution in [-0.4, -0.2) is 20.6 Å². The SMILES string of the molecule is COc1ccc(NS(=O)(=O)c2ccc(O)cc2)cc1F. The van der Waals surface area contributed by atoms with E-state index in [1.54, 1.807) is 0 Å². The quantitative estimate of drug-likeness (QED) is 0.908. The van der Waals surface area contributed by atoms with Crippen molar-refractivity contribution in [3.05, 3.63) is 48.3 Å². The van der Waals surface area contributed by atoms with Crippen molar-refractivity contribution >= 4 is 15.7 Å². The predicted octanol–water partition coefficient (Wildman–Crippen LogP) is 2.34. The van der Waals surface area contributed by atoms with Crippen molar-refractivity contribution in [3.63, 3.8) is 0 Å². The third kappa shape index (κ3) is 3.00. The van der Waals surface area contributed by atoms with Gasteiger partial charge in [0.2, 0.25) is 0 Å². The van der Waals surface area contributed by atoms with Gasteiger partial charge in [0.25, 0.3) is 10.0 Å². The molecule has 0 aromatic heterocycles. The van der Waals surface area contributed by atoms with Gasteiger partial charge in [0, 0.05) is 6.07 Å². The van der Waals surface area contributed by atoms with Gasteiger partial charge in [-0.3, -0.25) is 4.72 Å². The Hall–Kier alpha value is -2.28. The second-order valence-corrected chi connectivity index (χ2v) is 5.63. The maximum Gasteiger partial charge on any atom is 0.261 e. The van der Waals surface area contributed by atoms with E-state index < -0.39 is 15.8 Å². The molecule has 0 amide bonds. The number of rotatable bonds is 4. The highest BCUT2D eigenvalue weighted by Gasteiger charge is 2.15. The van der Waals surface area contributed by atoms with E-state index in [2.05, 4.69) is 4.72 Å². The number of sulfonamides is 1. The molecule has 0 radical (unpaired) electrons. The van der Waals surface area contributed by atoms with Gasteiger partial charge < -0.3 is 9.84 Å². The summed E-state index contributed by atoms with van der Waals surface area (Å²) < 4.78 is 44.5. The fraction of sp³-hybridized carbons (Fsp3) is 0.0769. The van der Waals surface area contributed by atoms with Crippen LogP contribution in [0.1, 0.15) is 0 Å². The van der Waals surface area contributed by atoms with Crippen LogP contribution >= 0.6 is 0 Å². The normalized spacial score (nSPS) is 11.1. The summed E-state index contributed by atoms with van der Waals surface area (Å²) in [7, 11) is -2.52. The molecule has 20 heavy (non-hydrogen) atoms. The average molecular weight is 297 g/mol. The van der Waals surface area contributed by atoms with Crippen LogP contribution in [0.2, 0.25) is 0 Å². The third-order valence-electron chi connectivity index (χ3n) is 2.55. The second-order valence-electron chi connectivity index (χ2n) is 3.95. The maximum absolute atomic E-state index is 13.5. The Labute approximate surface area is 115 Å². The summed E-state index contributed by atoms with van der Waals surface area (Å²) in [6, 6.07) is 8.74. The molecule has 0 spiro atoms. The molecule has 0 saturated heterocycles. The summed E-state index contributed by atoms with van der Waals surface area (Å²) in [5.74, 6) is -0.685. The summed E-state index contributed by atoms with van der Waals surface area (Å²) in [5.41, 5.74) is 0.0800. The van der Waals surface area contributed by atoms with Crippen molar-refractivity contribution in [2.45, 2.75) is 4.90 Å². The Morgan fingerprint density at radius 2 is 1.80 bits per heavy atom. The van der Waals surface area contributed by atoms with Gasteiger partial charge >= 0.3 is 0 Å². The molecule has 0 aliphatic carbocycles. The molecule has 0 atom stereocenters. The van der Waals surface area contributed by atoms with E-state index in [1.807, 2.05) is 0 Å². The zero-order chi connectivity index (χ0) is 14.8. The highest BCUT2D eigenvalue weighted by Crippen LogP contribution is 2.23. The minimum Gasteiger partial charge on any atom is -0.508 e. The van der Waals surface area contributed by atoms with Gasteiger partial charge in [-0.25, -0.2) is 12.8 Å². The summed E-state index contributed by atoms with van der Waals surface area (Å²) >= 11 is 0. The number of phenolic OH excluding ortho intramolecular Hbond substituents is 1. The number of hydrogen-bond donors (Lipinski definition) is 2. The number of ether oxygens (including phenoxy) is 1. The van der Waals surface area contributed by atoms with Crippen molar-refractivity contribution in [2.75, 3.05) is 11.8 Å². The van der Waals surface area contributed by atoms with E-state index in [9.17, 15) is 12.8 Å². The Morgan fingerprint density at radius 3 is 2.35 bits per heavy atom. The number of nitrogens with one attached hydrogen (secondary N) is 1. The van der Waals surface area contributed by atoms with Crippen LogP contribution in [0.25, 0.3) is 0 Å². The highest BCUT2D eigenvalue weighted by molar-refractivity contribution is 7.92. The molecule has 0 heterocycles. The second kappa shape index (κ2) is 5.38. The van der Waals surface area contributed by atoms with Gasteiger partial charge in [-0.1, -0.05) is 0 Å². The molecule has 0 unspecified atom stereocenters. The van der Waals surface area contributed by atoms with Crippen LogP contribution in [0, 0.1) is 5.82 Å². The molecule has 0 bridgehead atoms. The van der Waals surface area contributed by atoms with Gasteiger partial charge in [0.1, 0.15) is 5.75 Å². The minimum absolute atomic E-state index is 0.0255. The molecule has 0 saturated carbocycles. The molecule has 2 N–H and O–H groups in total. The fourth-order valence-corrected chi connectivity index (χ4v) is 2.62. The lowest BCUT2D eigenvalue weighted by atomic mass is 10.3. The van der Waals surface area contributed by atoms with Gasteiger partial charge in [0.05, 0.1) is 17.7 Å². The van der Waals surface area contributed by atoms with Crippen LogP contribution in [0.15, 0.2) is 47.4 Å². The van der Waals surface area contributed by atoms with Gasteiger partial charge in [-0.2, -0.15) is 0 Å². The Kier molecular flexibility index (Phi) is 3.80. The van der Waals surface area contributed by atoms with Crippen molar-refractivity contribution in [1.82, 2.24) is 0 Å². The van der Waals surface area contributed by atoms with Crippen molar-refractivity contribution in [3.8, 4) is 11.5 Å². The first kappa shape index (κ1) is 14.1. The Bertz CT molecular complexity index is 714. The molecule has 106 valence electrons. The van der Waals surface area contributed by atoms with Crippen LogP contribution in [-0.2, 0) is 10.0 Å². The molecular formula is C13H12FNO4S. The first-order valence-corrected chi connectivity index (χ1v) is 7.06.